The molecule has 0 saturated carbocycles. The summed E-state index contributed by atoms with van der Waals surface area (Å²) in [7, 11) is -1.39. The number of nitrogens with one attached hydrogen (secondary N) is 1. The van der Waals surface area contributed by atoms with E-state index < -0.39 is 15.6 Å². The Kier molecular flexibility index (Phi) is 4.98. The number of nitrogens with two attached hydrogens (primary N) is 1. The minimum atomic E-state index is -3.40. The zero-order valence-corrected chi connectivity index (χ0v) is 13.8. The molecule has 5 nitrogen and oxygen atoms in total. The molecule has 1 aliphatic heterocycles. The number of thiocarbonyl (C=S) groups is 1. The van der Waals surface area contributed by atoms with Crippen molar-refractivity contribution >= 4 is 27.2 Å². The fraction of sp³-hybridized carbons (Fsp3) is 0.917. The lowest BCUT2D eigenvalue weighted by Gasteiger charge is -2.40. The van der Waals surface area contributed by atoms with Crippen LogP contribution in [0.4, 0.5) is 0 Å². The first kappa shape index (κ1) is 16.8. The third-order valence-corrected chi connectivity index (χ3v) is 5.62. The van der Waals surface area contributed by atoms with Crippen LogP contribution in [0, 0.1) is 5.41 Å². The van der Waals surface area contributed by atoms with Gasteiger partial charge in [-0.15, -0.1) is 0 Å². The van der Waals surface area contributed by atoms with Crippen LogP contribution < -0.4 is 10.5 Å². The van der Waals surface area contributed by atoms with E-state index in [2.05, 4.69) is 9.62 Å². The van der Waals surface area contributed by atoms with E-state index in [0.29, 0.717) is 12.8 Å². The first-order valence-corrected chi connectivity index (χ1v) is 8.52. The monoisotopic (exact) mass is 307 g/mol. The average Bonchev–Trinajstić information content (AvgIpc) is 2.17. The van der Waals surface area contributed by atoms with Gasteiger partial charge in [-0.3, -0.25) is 0 Å². The van der Waals surface area contributed by atoms with Crippen LogP contribution in [-0.4, -0.2) is 49.7 Å². The van der Waals surface area contributed by atoms with Crippen LogP contribution >= 0.6 is 12.2 Å². The van der Waals surface area contributed by atoms with Crippen LogP contribution in [0.15, 0.2) is 0 Å². The highest BCUT2D eigenvalue weighted by atomic mass is 32.2. The first-order valence-electron chi connectivity index (χ1n) is 6.46. The number of hydrogen-bond acceptors (Lipinski definition) is 4. The highest BCUT2D eigenvalue weighted by Gasteiger charge is 2.40. The van der Waals surface area contributed by atoms with Crippen molar-refractivity contribution in [1.82, 2.24) is 9.62 Å². The molecular weight excluding hydrogens is 282 g/mol. The summed E-state index contributed by atoms with van der Waals surface area (Å²) >= 11 is 5.11. The van der Waals surface area contributed by atoms with Gasteiger partial charge in [0.25, 0.3) is 0 Å². The number of likely N-dealkylation sites (tertiary alicyclic amines) is 1. The highest BCUT2D eigenvalue weighted by molar-refractivity contribution is 7.89. The molecule has 1 aliphatic rings. The van der Waals surface area contributed by atoms with Crippen LogP contribution in [0.1, 0.15) is 33.6 Å². The van der Waals surface area contributed by atoms with Gasteiger partial charge in [0.15, 0.2) is 0 Å². The second-order valence-corrected chi connectivity index (χ2v) is 8.83. The van der Waals surface area contributed by atoms with E-state index in [9.17, 15) is 8.42 Å². The van der Waals surface area contributed by atoms with Crippen molar-refractivity contribution < 1.29 is 8.42 Å². The van der Waals surface area contributed by atoms with Crippen LogP contribution in [0.3, 0.4) is 0 Å². The van der Waals surface area contributed by atoms with Crippen LogP contribution in [-0.2, 0) is 10.0 Å². The topological polar surface area (TPSA) is 75.4 Å². The molecule has 0 aromatic carbocycles. The zero-order chi connectivity index (χ0) is 14.9. The fourth-order valence-electron chi connectivity index (χ4n) is 2.30. The van der Waals surface area contributed by atoms with Gasteiger partial charge in [-0.1, -0.05) is 33.0 Å². The SMILES string of the molecule is CN1CCC(NS(=O)(=O)CC(C)(C)C)(C(N)=S)CC1. The van der Waals surface area contributed by atoms with Gasteiger partial charge in [0.1, 0.15) is 0 Å². The predicted molar refractivity (Wildman–Crippen MR) is 82.6 cm³/mol. The number of piperidine rings is 1. The molecule has 1 saturated heterocycles. The Balaban J connectivity index is 2.89. The quantitative estimate of drug-likeness (QED) is 0.748. The average molecular weight is 307 g/mol. The lowest BCUT2D eigenvalue weighted by Crippen LogP contribution is -2.61. The van der Waals surface area contributed by atoms with Crippen molar-refractivity contribution in [1.29, 1.82) is 0 Å². The largest absolute Gasteiger partial charge is 0.392 e. The molecule has 0 aromatic rings. The summed E-state index contributed by atoms with van der Waals surface area (Å²) in [6.07, 6.45) is 1.25. The van der Waals surface area contributed by atoms with Crippen molar-refractivity contribution in [3.8, 4) is 0 Å². The third-order valence-electron chi connectivity index (χ3n) is 3.29. The number of sulfonamides is 1. The van der Waals surface area contributed by atoms with Gasteiger partial charge >= 0.3 is 0 Å². The maximum absolute atomic E-state index is 12.3. The van der Waals surface area contributed by atoms with Gasteiger partial charge in [0.2, 0.25) is 10.0 Å². The highest BCUT2D eigenvalue weighted by Crippen LogP contribution is 2.25. The fourth-order valence-corrected chi connectivity index (χ4v) is 4.74. The standard InChI is InChI=1S/C12H25N3O2S2/c1-11(2,3)9-19(16,17)14-12(10(13)18)5-7-15(4)8-6-12/h14H,5-9H2,1-4H3,(H2,13,18). The molecule has 0 atom stereocenters. The maximum Gasteiger partial charge on any atom is 0.213 e. The third kappa shape index (κ3) is 4.98. The number of rotatable bonds is 4. The lowest BCUT2D eigenvalue weighted by molar-refractivity contribution is 0.220. The summed E-state index contributed by atoms with van der Waals surface area (Å²) in [6, 6.07) is 0. The molecule has 7 heteroatoms. The summed E-state index contributed by atoms with van der Waals surface area (Å²) < 4.78 is 27.3. The molecule has 0 aromatic heterocycles. The van der Waals surface area contributed by atoms with E-state index >= 15 is 0 Å². The summed E-state index contributed by atoms with van der Waals surface area (Å²) in [5.74, 6) is 0.0696. The summed E-state index contributed by atoms with van der Waals surface area (Å²) in [6.45, 7) is 7.27. The molecular formula is C12H25N3O2S2. The Morgan fingerprint density at radius 2 is 1.84 bits per heavy atom. The van der Waals surface area contributed by atoms with E-state index in [1.807, 2.05) is 27.8 Å². The van der Waals surface area contributed by atoms with E-state index in [-0.39, 0.29) is 16.2 Å². The maximum atomic E-state index is 12.3. The summed E-state index contributed by atoms with van der Waals surface area (Å²) in [5.41, 5.74) is 4.75. The van der Waals surface area contributed by atoms with E-state index in [1.165, 1.54) is 0 Å². The Hall–Kier alpha value is -0.240. The molecule has 19 heavy (non-hydrogen) atoms. The van der Waals surface area contributed by atoms with Gasteiger partial charge in [0.05, 0.1) is 16.3 Å². The smallest absolute Gasteiger partial charge is 0.213 e. The summed E-state index contributed by atoms with van der Waals surface area (Å²) in [4.78, 5) is 2.40. The molecule has 0 aliphatic carbocycles. The van der Waals surface area contributed by atoms with Crippen molar-refractivity contribution in [2.75, 3.05) is 25.9 Å². The summed E-state index contributed by atoms with van der Waals surface area (Å²) in [5, 5.41) is 0. The van der Waals surface area contributed by atoms with Crippen LogP contribution in [0.5, 0.6) is 0 Å². The second-order valence-electron chi connectivity index (χ2n) is 6.67. The molecule has 0 amide bonds. The Morgan fingerprint density at radius 3 is 2.21 bits per heavy atom. The molecule has 1 fully saturated rings. The number of hydrogen-bond donors (Lipinski definition) is 2. The molecule has 112 valence electrons. The second kappa shape index (κ2) is 5.63. The molecule has 0 bridgehead atoms. The van der Waals surface area contributed by atoms with Crippen molar-refractivity contribution in [3.05, 3.63) is 0 Å². The molecule has 1 heterocycles. The van der Waals surface area contributed by atoms with Gasteiger partial charge in [0, 0.05) is 13.1 Å². The molecule has 0 spiro atoms. The lowest BCUT2D eigenvalue weighted by atomic mass is 9.89. The van der Waals surface area contributed by atoms with E-state index in [1.54, 1.807) is 0 Å². The molecule has 1 rings (SSSR count). The van der Waals surface area contributed by atoms with Crippen molar-refractivity contribution in [2.24, 2.45) is 11.1 Å². The molecule has 0 unspecified atom stereocenters. The van der Waals surface area contributed by atoms with Crippen LogP contribution in [0.2, 0.25) is 0 Å². The molecule has 0 radical (unpaired) electrons. The number of nitrogens with zero attached hydrogens (tertiary/aromatic N) is 1. The van der Waals surface area contributed by atoms with Gasteiger partial charge in [-0.2, -0.15) is 0 Å². The van der Waals surface area contributed by atoms with Crippen molar-refractivity contribution in [3.63, 3.8) is 0 Å². The van der Waals surface area contributed by atoms with Crippen LogP contribution in [0.25, 0.3) is 0 Å². The minimum absolute atomic E-state index is 0.0696. The Labute approximate surface area is 122 Å². The Morgan fingerprint density at radius 1 is 1.37 bits per heavy atom. The predicted octanol–water partition coefficient (Wildman–Crippen LogP) is 0.702. The van der Waals surface area contributed by atoms with Gasteiger partial charge in [-0.25, -0.2) is 13.1 Å². The minimum Gasteiger partial charge on any atom is -0.392 e. The van der Waals surface area contributed by atoms with Gasteiger partial charge in [-0.05, 0) is 25.3 Å². The molecule has 3 N–H and O–H groups in total. The normalized spacial score (nSPS) is 21.3. The Bertz CT molecular complexity index is 432. The van der Waals surface area contributed by atoms with Crippen molar-refractivity contribution in [2.45, 2.75) is 39.2 Å². The van der Waals surface area contributed by atoms with Gasteiger partial charge < -0.3 is 10.6 Å². The van der Waals surface area contributed by atoms with E-state index in [4.69, 9.17) is 18.0 Å². The first-order chi connectivity index (χ1) is 8.46. The zero-order valence-electron chi connectivity index (χ0n) is 12.2. The van der Waals surface area contributed by atoms with E-state index in [0.717, 1.165) is 13.1 Å².